The van der Waals surface area contributed by atoms with Crippen LogP contribution < -0.4 is 11.1 Å². The largest absolute Gasteiger partial charge is 0.471 e. The molecule has 0 aromatic heterocycles. The van der Waals surface area contributed by atoms with Gasteiger partial charge in [-0.15, -0.1) is 0 Å². The molecule has 0 heterocycles. The molecule has 3 amide bonds. The van der Waals surface area contributed by atoms with E-state index in [0.717, 1.165) is 5.32 Å². The van der Waals surface area contributed by atoms with Crippen molar-refractivity contribution in [3.63, 3.8) is 0 Å². The molecule has 0 unspecified atom stereocenters. The Bertz CT molecular complexity index is 164. The van der Waals surface area contributed by atoms with E-state index in [1.54, 1.807) is 0 Å². The van der Waals surface area contributed by atoms with Crippen molar-refractivity contribution in [1.29, 1.82) is 0 Å². The molecule has 58 valence electrons. The molecule has 0 aliphatic carbocycles. The number of primary amides is 1. The molecule has 0 bridgehead atoms. The van der Waals surface area contributed by atoms with Crippen LogP contribution in [0.5, 0.6) is 0 Å². The number of imide groups is 1. The van der Waals surface area contributed by atoms with Gasteiger partial charge in [0.05, 0.1) is 0 Å². The minimum Gasteiger partial charge on any atom is -0.351 e. The van der Waals surface area contributed by atoms with Gasteiger partial charge in [0.25, 0.3) is 0 Å². The molecule has 0 aliphatic heterocycles. The maximum atomic E-state index is 11.2. The summed E-state index contributed by atoms with van der Waals surface area (Å²) in [4.78, 5) is 19.4. The predicted octanol–water partition coefficient (Wildman–Crippen LogP) is -0.256. The Labute approximate surface area is 53.2 Å². The highest BCUT2D eigenvalue weighted by atomic mass is 19.4. The predicted molar refractivity (Wildman–Crippen MR) is 23.8 cm³/mol. The van der Waals surface area contributed by atoms with Crippen molar-refractivity contribution in [3.8, 4) is 0 Å². The van der Waals surface area contributed by atoms with Gasteiger partial charge >= 0.3 is 18.1 Å². The maximum absolute atomic E-state index is 11.2. The molecular weight excluding hydrogens is 153 g/mol. The smallest absolute Gasteiger partial charge is 0.351 e. The Morgan fingerprint density at radius 3 is 1.80 bits per heavy atom. The standard InChI is InChI=1S/C3H3F3N2O2/c4-3(5,6)1(9)8-2(7)10/h(H3,7,8,9,10). The van der Waals surface area contributed by atoms with Crippen molar-refractivity contribution >= 4 is 11.9 Å². The molecule has 0 aliphatic rings. The summed E-state index contributed by atoms with van der Waals surface area (Å²) < 4.78 is 33.6. The molecular formula is C3H3F3N2O2. The van der Waals surface area contributed by atoms with E-state index < -0.39 is 18.1 Å². The van der Waals surface area contributed by atoms with Gasteiger partial charge in [-0.2, -0.15) is 13.2 Å². The van der Waals surface area contributed by atoms with E-state index >= 15 is 0 Å². The summed E-state index contributed by atoms with van der Waals surface area (Å²) in [7, 11) is 0. The topological polar surface area (TPSA) is 72.2 Å². The first kappa shape index (κ1) is 8.73. The zero-order chi connectivity index (χ0) is 8.36. The summed E-state index contributed by atoms with van der Waals surface area (Å²) in [6.45, 7) is 0. The molecule has 0 saturated carbocycles. The van der Waals surface area contributed by atoms with Gasteiger partial charge in [-0.1, -0.05) is 0 Å². The van der Waals surface area contributed by atoms with Crippen molar-refractivity contribution in [1.82, 2.24) is 5.32 Å². The van der Waals surface area contributed by atoms with Gasteiger partial charge in [0, 0.05) is 0 Å². The van der Waals surface area contributed by atoms with E-state index in [1.807, 2.05) is 0 Å². The van der Waals surface area contributed by atoms with E-state index in [1.165, 1.54) is 0 Å². The maximum Gasteiger partial charge on any atom is 0.471 e. The lowest BCUT2D eigenvalue weighted by molar-refractivity contribution is -0.172. The number of halogens is 3. The number of amides is 3. The average molecular weight is 156 g/mol. The second-order valence-electron chi connectivity index (χ2n) is 1.32. The molecule has 0 atom stereocenters. The van der Waals surface area contributed by atoms with Crippen molar-refractivity contribution in [2.24, 2.45) is 5.73 Å². The quantitative estimate of drug-likeness (QED) is 0.507. The number of nitrogens with two attached hydrogens (primary N) is 1. The molecule has 0 aromatic rings. The summed E-state index contributed by atoms with van der Waals surface area (Å²) in [5.74, 6) is -2.36. The van der Waals surface area contributed by atoms with Gasteiger partial charge in [-0.05, 0) is 0 Å². The number of hydrogen-bond acceptors (Lipinski definition) is 2. The lowest BCUT2D eigenvalue weighted by Crippen LogP contribution is -2.43. The SMILES string of the molecule is NC(=O)NC(=O)C(F)(F)F. The van der Waals surface area contributed by atoms with Crippen molar-refractivity contribution in [2.75, 3.05) is 0 Å². The molecule has 0 radical (unpaired) electrons. The Kier molecular flexibility index (Phi) is 2.22. The number of carbonyl (C=O) groups is 2. The van der Waals surface area contributed by atoms with Crippen LogP contribution in [0.15, 0.2) is 0 Å². The second-order valence-corrected chi connectivity index (χ2v) is 1.32. The summed E-state index contributed by atoms with van der Waals surface area (Å²) in [6, 6.07) is -1.53. The van der Waals surface area contributed by atoms with Crippen LogP contribution in [0.4, 0.5) is 18.0 Å². The number of rotatable bonds is 0. The molecule has 0 spiro atoms. The lowest BCUT2D eigenvalue weighted by Gasteiger charge is -2.02. The molecule has 0 aromatic carbocycles. The third-order valence-corrected chi connectivity index (χ3v) is 0.494. The fraction of sp³-hybridized carbons (Fsp3) is 0.333. The molecule has 3 N–H and O–H groups in total. The van der Waals surface area contributed by atoms with Gasteiger partial charge in [0.2, 0.25) is 0 Å². The van der Waals surface area contributed by atoms with Crippen LogP contribution in [0, 0.1) is 0 Å². The molecule has 4 nitrogen and oxygen atoms in total. The Morgan fingerprint density at radius 1 is 1.30 bits per heavy atom. The molecule has 0 saturated heterocycles. The van der Waals surface area contributed by atoms with Crippen LogP contribution in [-0.2, 0) is 4.79 Å². The number of carbonyl (C=O) groups excluding carboxylic acids is 2. The van der Waals surface area contributed by atoms with Gasteiger partial charge in [0.1, 0.15) is 0 Å². The van der Waals surface area contributed by atoms with Crippen LogP contribution in [-0.4, -0.2) is 18.1 Å². The van der Waals surface area contributed by atoms with Gasteiger partial charge in [0.15, 0.2) is 0 Å². The van der Waals surface area contributed by atoms with Gasteiger partial charge in [-0.25, -0.2) is 4.79 Å². The van der Waals surface area contributed by atoms with E-state index in [-0.39, 0.29) is 0 Å². The highest BCUT2D eigenvalue weighted by molar-refractivity contribution is 5.96. The zero-order valence-corrected chi connectivity index (χ0v) is 4.53. The van der Waals surface area contributed by atoms with Crippen molar-refractivity contribution < 1.29 is 22.8 Å². The summed E-state index contributed by atoms with van der Waals surface area (Å²) in [6.07, 6.45) is -5.06. The first-order chi connectivity index (χ1) is 4.34. The van der Waals surface area contributed by atoms with Crippen LogP contribution in [0.2, 0.25) is 0 Å². The van der Waals surface area contributed by atoms with Crippen molar-refractivity contribution in [3.05, 3.63) is 0 Å². The lowest BCUT2D eigenvalue weighted by atomic mass is 10.6. The zero-order valence-electron chi connectivity index (χ0n) is 4.53. The minimum absolute atomic E-state index is 0.858. The Morgan fingerprint density at radius 2 is 1.70 bits per heavy atom. The fourth-order valence-electron chi connectivity index (χ4n) is 0.183. The van der Waals surface area contributed by atoms with Gasteiger partial charge in [-0.3, -0.25) is 10.1 Å². The van der Waals surface area contributed by atoms with Crippen LogP contribution in [0.1, 0.15) is 0 Å². The number of urea groups is 1. The van der Waals surface area contributed by atoms with Gasteiger partial charge < -0.3 is 5.73 Å². The third-order valence-electron chi connectivity index (χ3n) is 0.494. The molecule has 7 heteroatoms. The van der Waals surface area contributed by atoms with Crippen LogP contribution in [0.3, 0.4) is 0 Å². The normalized spacial score (nSPS) is 10.7. The number of alkyl halides is 3. The third kappa shape index (κ3) is 2.90. The van der Waals surface area contributed by atoms with E-state index in [9.17, 15) is 22.8 Å². The molecule has 10 heavy (non-hydrogen) atoms. The summed E-state index contributed by atoms with van der Waals surface area (Å²) >= 11 is 0. The second kappa shape index (κ2) is 2.54. The van der Waals surface area contributed by atoms with Crippen LogP contribution in [0.25, 0.3) is 0 Å². The Hall–Kier alpha value is -1.27. The minimum atomic E-state index is -5.06. The molecule has 0 fully saturated rings. The first-order valence-electron chi connectivity index (χ1n) is 2.01. The highest BCUT2D eigenvalue weighted by Crippen LogP contribution is 2.13. The summed E-state index contributed by atoms with van der Waals surface area (Å²) in [5.41, 5.74) is 4.22. The van der Waals surface area contributed by atoms with Crippen LogP contribution >= 0.6 is 0 Å². The summed E-state index contributed by atoms with van der Waals surface area (Å²) in [5, 5.41) is 0.858. The molecule has 0 rings (SSSR count). The highest BCUT2D eigenvalue weighted by Gasteiger charge is 2.39. The van der Waals surface area contributed by atoms with Crippen molar-refractivity contribution in [2.45, 2.75) is 6.18 Å². The fourth-order valence-corrected chi connectivity index (χ4v) is 0.183. The first-order valence-corrected chi connectivity index (χ1v) is 2.01. The number of nitrogens with one attached hydrogen (secondary N) is 1. The Balaban J connectivity index is 3.99. The van der Waals surface area contributed by atoms with E-state index in [2.05, 4.69) is 5.73 Å². The monoisotopic (exact) mass is 156 g/mol. The number of hydrogen-bond donors (Lipinski definition) is 2. The average Bonchev–Trinajstić information content (AvgIpc) is 1.60. The van der Waals surface area contributed by atoms with E-state index in [4.69, 9.17) is 0 Å². The van der Waals surface area contributed by atoms with E-state index in [0.29, 0.717) is 0 Å².